The van der Waals surface area contributed by atoms with E-state index >= 15 is 0 Å². The number of hydrogen-bond acceptors (Lipinski definition) is 8. The van der Waals surface area contributed by atoms with E-state index in [0.717, 1.165) is 22.6 Å². The van der Waals surface area contributed by atoms with Gasteiger partial charge in [-0.05, 0) is 72.2 Å². The number of aliphatic hydroxyl groups is 1. The van der Waals surface area contributed by atoms with Gasteiger partial charge in [-0.15, -0.1) is 0 Å². The molecule has 5 N–H and O–H groups in total. The summed E-state index contributed by atoms with van der Waals surface area (Å²) in [7, 11) is 1.66. The second-order valence-corrected chi connectivity index (χ2v) is 12.7. The van der Waals surface area contributed by atoms with Crippen LogP contribution in [0.15, 0.2) is 133 Å². The van der Waals surface area contributed by atoms with Gasteiger partial charge in [-0.3, -0.25) is 19.7 Å². The van der Waals surface area contributed by atoms with Gasteiger partial charge < -0.3 is 31.1 Å². The number of amides is 2. The first-order valence-electron chi connectivity index (χ1n) is 17.6. The van der Waals surface area contributed by atoms with Crippen molar-refractivity contribution in [1.29, 1.82) is 0 Å². The van der Waals surface area contributed by atoms with Crippen LogP contribution in [0.3, 0.4) is 0 Å². The number of aliphatic hydroxyl groups excluding tert-OH is 1. The van der Waals surface area contributed by atoms with Crippen molar-refractivity contribution in [2.45, 2.75) is 50.4 Å². The Morgan fingerprint density at radius 1 is 0.792 bits per heavy atom. The van der Waals surface area contributed by atoms with Crippen LogP contribution in [0.25, 0.3) is 0 Å². The average Bonchev–Trinajstić information content (AvgIpc) is 3.19. The molecule has 5 aromatic carbocycles. The van der Waals surface area contributed by atoms with E-state index in [2.05, 4.69) is 39.8 Å². The Balaban J connectivity index is 1.34. The molecule has 5 rings (SSSR count). The molecule has 0 spiro atoms. The van der Waals surface area contributed by atoms with Crippen LogP contribution < -0.4 is 26.0 Å². The van der Waals surface area contributed by atoms with Gasteiger partial charge >= 0.3 is 0 Å². The molecule has 0 bridgehead atoms. The lowest BCUT2D eigenvalue weighted by atomic mass is 9.95. The van der Waals surface area contributed by atoms with Crippen LogP contribution in [-0.4, -0.2) is 47.6 Å². The number of nitrogens with one attached hydrogen (secondary N) is 2. The third kappa shape index (κ3) is 10.5. The van der Waals surface area contributed by atoms with Gasteiger partial charge in [0.05, 0.1) is 36.4 Å². The van der Waals surface area contributed by atoms with E-state index in [1.54, 1.807) is 43.5 Å². The predicted octanol–water partition coefficient (Wildman–Crippen LogP) is 6.56. The summed E-state index contributed by atoms with van der Waals surface area (Å²) in [5.41, 5.74) is 11.3. The van der Waals surface area contributed by atoms with E-state index in [-0.39, 0.29) is 24.8 Å². The van der Waals surface area contributed by atoms with E-state index < -0.39 is 28.8 Å². The highest BCUT2D eigenvalue weighted by Gasteiger charge is 2.27. The SMILES string of the molecule is COc1ccccc1N(CCCC[C@H](NC(=O)[C@@H](N)Cc1ccc([N+](=O)[O-])cc1)C(=O)Nc1ccc(CO)cc1)C(c1ccccc1)c1ccccc1. The van der Waals surface area contributed by atoms with Gasteiger partial charge in [0.1, 0.15) is 11.8 Å². The fraction of sp³-hybridized carbons (Fsp3) is 0.238. The number of carbonyl (C=O) groups is 2. The zero-order chi connectivity index (χ0) is 37.6. The standard InChI is InChI=1S/C42H45N5O6/c1-53-39-18-9-8-17-38(39)46(40(32-12-4-2-5-13-32)33-14-6-3-7-15-33)27-11-10-16-37(42(50)44-34-23-19-31(29-48)20-24-34)45-41(49)36(43)28-30-21-25-35(26-22-30)47(51)52/h2-9,12-15,17-26,36-37,40,48H,10-11,16,27-29,43H2,1H3,(H,44,50)(H,45,49)/t36-,37-/m0/s1. The molecule has 0 aliphatic heterocycles. The number of nitro benzene ring substituents is 1. The Morgan fingerprint density at radius 3 is 1.96 bits per heavy atom. The van der Waals surface area contributed by atoms with Crippen molar-refractivity contribution in [1.82, 2.24) is 5.32 Å². The number of benzene rings is 5. The number of methoxy groups -OCH3 is 1. The van der Waals surface area contributed by atoms with Crippen LogP contribution in [0.4, 0.5) is 17.1 Å². The van der Waals surface area contributed by atoms with Crippen LogP contribution in [0.5, 0.6) is 5.75 Å². The summed E-state index contributed by atoms with van der Waals surface area (Å²) in [6, 6.07) is 39.1. The quantitative estimate of drug-likeness (QED) is 0.0451. The minimum atomic E-state index is -0.992. The fourth-order valence-electron chi connectivity index (χ4n) is 6.28. The minimum absolute atomic E-state index is 0.0568. The van der Waals surface area contributed by atoms with Crippen molar-refractivity contribution in [3.8, 4) is 5.75 Å². The maximum absolute atomic E-state index is 13.7. The summed E-state index contributed by atoms with van der Waals surface area (Å²) in [5.74, 6) is -0.170. The molecule has 0 aromatic heterocycles. The molecule has 2 amide bonds. The summed E-state index contributed by atoms with van der Waals surface area (Å²) in [5, 5.41) is 26.2. The molecule has 2 atom stereocenters. The van der Waals surface area contributed by atoms with Crippen molar-refractivity contribution in [3.63, 3.8) is 0 Å². The van der Waals surface area contributed by atoms with Crippen LogP contribution in [0.1, 0.15) is 47.6 Å². The highest BCUT2D eigenvalue weighted by atomic mass is 16.6. The summed E-state index contributed by atoms with van der Waals surface area (Å²) >= 11 is 0. The first-order valence-corrected chi connectivity index (χ1v) is 17.6. The number of rotatable bonds is 18. The molecule has 11 nitrogen and oxygen atoms in total. The fourth-order valence-corrected chi connectivity index (χ4v) is 6.28. The predicted molar refractivity (Wildman–Crippen MR) is 207 cm³/mol. The van der Waals surface area contributed by atoms with Crippen molar-refractivity contribution < 1.29 is 24.4 Å². The molecule has 0 radical (unpaired) electrons. The Kier molecular flexibility index (Phi) is 13.7. The number of non-ortho nitro benzene ring substituents is 1. The smallest absolute Gasteiger partial charge is 0.269 e. The summed E-state index contributed by atoms with van der Waals surface area (Å²) in [6.07, 6.45) is 1.72. The number of para-hydroxylation sites is 2. The minimum Gasteiger partial charge on any atom is -0.495 e. The highest BCUT2D eigenvalue weighted by molar-refractivity contribution is 5.97. The highest BCUT2D eigenvalue weighted by Crippen LogP contribution is 2.38. The lowest BCUT2D eigenvalue weighted by Crippen LogP contribution is -2.50. The number of hydrogen-bond donors (Lipinski definition) is 4. The molecule has 274 valence electrons. The third-order valence-corrected chi connectivity index (χ3v) is 9.06. The van der Waals surface area contributed by atoms with Gasteiger partial charge in [0.15, 0.2) is 0 Å². The van der Waals surface area contributed by atoms with Gasteiger partial charge in [0.25, 0.3) is 5.69 Å². The normalized spacial score (nSPS) is 12.1. The molecule has 11 heteroatoms. The van der Waals surface area contributed by atoms with E-state index in [1.165, 1.54) is 12.1 Å². The first-order chi connectivity index (χ1) is 25.8. The van der Waals surface area contributed by atoms with E-state index in [1.807, 2.05) is 60.7 Å². The lowest BCUT2D eigenvalue weighted by Gasteiger charge is -2.35. The van der Waals surface area contributed by atoms with Gasteiger partial charge in [0, 0.05) is 24.4 Å². The van der Waals surface area contributed by atoms with E-state index in [4.69, 9.17) is 10.5 Å². The number of unbranched alkanes of at least 4 members (excludes halogenated alkanes) is 1. The Labute approximate surface area is 309 Å². The summed E-state index contributed by atoms with van der Waals surface area (Å²) in [4.78, 5) is 40.0. The van der Waals surface area contributed by atoms with Crippen molar-refractivity contribution >= 4 is 28.9 Å². The molecule has 53 heavy (non-hydrogen) atoms. The molecular formula is C42H45N5O6. The van der Waals surface area contributed by atoms with Crippen molar-refractivity contribution in [3.05, 3.63) is 166 Å². The zero-order valence-electron chi connectivity index (χ0n) is 29.6. The second kappa shape index (κ2) is 19.0. The number of ether oxygens (including phenoxy) is 1. The molecular weight excluding hydrogens is 670 g/mol. The molecule has 0 aliphatic rings. The molecule has 0 unspecified atom stereocenters. The van der Waals surface area contributed by atoms with Crippen LogP contribution in [0.2, 0.25) is 0 Å². The van der Waals surface area contributed by atoms with Gasteiger partial charge in [-0.2, -0.15) is 0 Å². The molecule has 0 heterocycles. The number of nitrogens with two attached hydrogens (primary N) is 1. The molecule has 0 fully saturated rings. The Bertz CT molecular complexity index is 1880. The van der Waals surface area contributed by atoms with E-state index in [0.29, 0.717) is 42.6 Å². The van der Waals surface area contributed by atoms with Gasteiger partial charge in [-0.25, -0.2) is 0 Å². The maximum atomic E-state index is 13.7. The maximum Gasteiger partial charge on any atom is 0.269 e. The zero-order valence-corrected chi connectivity index (χ0v) is 29.6. The first kappa shape index (κ1) is 38.2. The van der Waals surface area contributed by atoms with Gasteiger partial charge in [0.2, 0.25) is 11.8 Å². The number of carbonyl (C=O) groups excluding carboxylic acids is 2. The number of anilines is 2. The summed E-state index contributed by atoms with van der Waals surface area (Å²) < 4.78 is 5.82. The Hall–Kier alpha value is -6.04. The third-order valence-electron chi connectivity index (χ3n) is 9.06. The average molecular weight is 716 g/mol. The monoisotopic (exact) mass is 715 g/mol. The van der Waals surface area contributed by atoms with Crippen LogP contribution in [-0.2, 0) is 22.6 Å². The Morgan fingerprint density at radius 2 is 1.38 bits per heavy atom. The number of nitro groups is 1. The number of nitrogens with zero attached hydrogens (tertiary/aromatic N) is 2. The van der Waals surface area contributed by atoms with Crippen molar-refractivity contribution in [2.24, 2.45) is 5.73 Å². The lowest BCUT2D eigenvalue weighted by molar-refractivity contribution is -0.384. The second-order valence-electron chi connectivity index (χ2n) is 12.7. The van der Waals surface area contributed by atoms with Crippen LogP contribution >= 0.6 is 0 Å². The van der Waals surface area contributed by atoms with Crippen LogP contribution in [0, 0.1) is 10.1 Å². The van der Waals surface area contributed by atoms with E-state index in [9.17, 15) is 24.8 Å². The molecule has 0 saturated carbocycles. The molecule has 0 saturated heterocycles. The molecule has 5 aromatic rings. The topological polar surface area (TPSA) is 160 Å². The molecule has 0 aliphatic carbocycles. The largest absolute Gasteiger partial charge is 0.495 e. The van der Waals surface area contributed by atoms with Crippen molar-refractivity contribution in [2.75, 3.05) is 23.9 Å². The van der Waals surface area contributed by atoms with Gasteiger partial charge in [-0.1, -0.05) is 97.1 Å². The summed E-state index contributed by atoms with van der Waals surface area (Å²) in [6.45, 7) is 0.486.